The molecule has 0 aromatic heterocycles. The van der Waals surface area contributed by atoms with Crippen molar-refractivity contribution in [1.29, 1.82) is 0 Å². The van der Waals surface area contributed by atoms with E-state index in [1.54, 1.807) is 38.1 Å². The highest BCUT2D eigenvalue weighted by Gasteiger charge is 2.17. The maximum absolute atomic E-state index is 13.7. The highest BCUT2D eigenvalue weighted by Crippen LogP contribution is 2.38. The minimum Gasteiger partial charge on any atom is -0.324 e. The summed E-state index contributed by atoms with van der Waals surface area (Å²) in [5.74, 6) is -0.325. The fraction of sp³-hybridized carbons (Fsp3) is 0.200. The predicted octanol–water partition coefficient (Wildman–Crippen LogP) is 4.21. The summed E-state index contributed by atoms with van der Waals surface area (Å²) in [6, 6.07) is 9.19. The number of nitro groups is 1. The van der Waals surface area contributed by atoms with Crippen LogP contribution >= 0.6 is 11.8 Å². The molecule has 1 atom stereocenters. The molecule has 2 aromatic rings. The van der Waals surface area contributed by atoms with Gasteiger partial charge in [0.25, 0.3) is 5.69 Å². The maximum Gasteiger partial charge on any atom is 0.283 e. The van der Waals surface area contributed by atoms with Gasteiger partial charge in [-0.15, -0.1) is 0 Å². The second-order valence-corrected chi connectivity index (χ2v) is 5.84. The zero-order valence-corrected chi connectivity index (χ0v) is 12.5. The third kappa shape index (κ3) is 3.40. The topological polar surface area (TPSA) is 69.2 Å². The molecule has 0 spiro atoms. The Morgan fingerprint density at radius 1 is 1.29 bits per heavy atom. The van der Waals surface area contributed by atoms with Crippen LogP contribution in [0, 0.1) is 22.9 Å². The maximum atomic E-state index is 13.7. The smallest absolute Gasteiger partial charge is 0.283 e. The lowest BCUT2D eigenvalue weighted by atomic mass is 10.1. The summed E-state index contributed by atoms with van der Waals surface area (Å²) in [5, 5.41) is 11.1. The van der Waals surface area contributed by atoms with Crippen LogP contribution in [-0.4, -0.2) is 4.92 Å². The number of aryl methyl sites for hydroxylation is 1. The second-order valence-electron chi connectivity index (χ2n) is 4.75. The van der Waals surface area contributed by atoms with Gasteiger partial charge in [0.1, 0.15) is 5.82 Å². The van der Waals surface area contributed by atoms with Crippen molar-refractivity contribution in [2.75, 3.05) is 0 Å². The van der Waals surface area contributed by atoms with E-state index in [-0.39, 0.29) is 17.5 Å². The van der Waals surface area contributed by atoms with Crippen molar-refractivity contribution >= 4 is 17.4 Å². The lowest BCUT2D eigenvalue weighted by Crippen LogP contribution is -2.07. The number of nitrogens with two attached hydrogens (primary N) is 1. The van der Waals surface area contributed by atoms with Gasteiger partial charge < -0.3 is 5.73 Å². The largest absolute Gasteiger partial charge is 0.324 e. The van der Waals surface area contributed by atoms with Crippen molar-refractivity contribution in [3.05, 3.63) is 63.5 Å². The van der Waals surface area contributed by atoms with E-state index in [0.717, 1.165) is 4.90 Å². The molecule has 4 nitrogen and oxygen atoms in total. The number of rotatable bonds is 4. The Morgan fingerprint density at radius 2 is 1.95 bits per heavy atom. The van der Waals surface area contributed by atoms with Crippen molar-refractivity contribution in [3.63, 3.8) is 0 Å². The van der Waals surface area contributed by atoms with E-state index in [2.05, 4.69) is 0 Å². The molecule has 0 saturated heterocycles. The van der Waals surface area contributed by atoms with Crippen LogP contribution in [-0.2, 0) is 0 Å². The van der Waals surface area contributed by atoms with Gasteiger partial charge in [0, 0.05) is 17.0 Å². The molecule has 0 radical (unpaired) electrons. The van der Waals surface area contributed by atoms with E-state index in [1.807, 2.05) is 0 Å². The molecule has 0 heterocycles. The van der Waals surface area contributed by atoms with E-state index in [9.17, 15) is 14.5 Å². The van der Waals surface area contributed by atoms with Crippen LogP contribution in [0.2, 0.25) is 0 Å². The first kappa shape index (κ1) is 15.5. The van der Waals surface area contributed by atoms with Crippen LogP contribution in [0.25, 0.3) is 0 Å². The Kier molecular flexibility index (Phi) is 4.59. The van der Waals surface area contributed by atoms with Gasteiger partial charge in [-0.1, -0.05) is 23.9 Å². The minimum absolute atomic E-state index is 0.0279. The van der Waals surface area contributed by atoms with Crippen LogP contribution in [0.15, 0.2) is 46.2 Å². The van der Waals surface area contributed by atoms with Crippen LogP contribution in [0.3, 0.4) is 0 Å². The molecular weight excluding hydrogens is 291 g/mol. The van der Waals surface area contributed by atoms with Crippen LogP contribution in [0.5, 0.6) is 0 Å². The molecule has 0 aliphatic rings. The van der Waals surface area contributed by atoms with Gasteiger partial charge in [0.15, 0.2) is 0 Å². The number of hydrogen-bond acceptors (Lipinski definition) is 4. The Hall–Kier alpha value is -1.92. The number of nitrogens with zero attached hydrogens (tertiary/aromatic N) is 1. The monoisotopic (exact) mass is 306 g/mol. The zero-order chi connectivity index (χ0) is 15.6. The summed E-state index contributed by atoms with van der Waals surface area (Å²) in [6.07, 6.45) is 0. The second kappa shape index (κ2) is 6.24. The molecule has 110 valence electrons. The molecule has 0 fully saturated rings. The molecule has 2 rings (SSSR count). The standard InChI is InChI=1S/C15H15FN2O2S/c1-9-7-15(11(10(2)17)8-12(9)16)21-14-6-4-3-5-13(14)18(19)20/h3-8,10H,17H2,1-2H3/t10-/m1/s1. The van der Waals surface area contributed by atoms with Crippen molar-refractivity contribution < 1.29 is 9.31 Å². The molecule has 6 heteroatoms. The van der Waals surface area contributed by atoms with Gasteiger partial charge in [-0.05, 0) is 43.2 Å². The number of halogens is 1. The number of hydrogen-bond donors (Lipinski definition) is 1. The predicted molar refractivity (Wildman–Crippen MR) is 81.0 cm³/mol. The Balaban J connectivity index is 2.49. The fourth-order valence-electron chi connectivity index (χ4n) is 1.93. The van der Waals surface area contributed by atoms with Crippen LogP contribution in [0.4, 0.5) is 10.1 Å². The summed E-state index contributed by atoms with van der Waals surface area (Å²) in [5.41, 5.74) is 7.03. The van der Waals surface area contributed by atoms with Gasteiger partial charge >= 0.3 is 0 Å². The van der Waals surface area contributed by atoms with E-state index in [0.29, 0.717) is 16.0 Å². The van der Waals surface area contributed by atoms with Crippen LogP contribution in [0.1, 0.15) is 24.1 Å². The fourth-order valence-corrected chi connectivity index (χ4v) is 3.16. The van der Waals surface area contributed by atoms with Crippen molar-refractivity contribution in [1.82, 2.24) is 0 Å². The minimum atomic E-state index is -0.426. The highest BCUT2D eigenvalue weighted by molar-refractivity contribution is 7.99. The molecule has 0 bridgehead atoms. The quantitative estimate of drug-likeness (QED) is 0.678. The molecule has 0 amide bonds. The molecule has 2 aromatic carbocycles. The summed E-state index contributed by atoms with van der Waals surface area (Å²) in [6.45, 7) is 3.41. The van der Waals surface area contributed by atoms with E-state index in [1.165, 1.54) is 23.9 Å². The average molecular weight is 306 g/mol. The molecule has 0 unspecified atom stereocenters. The normalized spacial score (nSPS) is 12.2. The summed E-state index contributed by atoms with van der Waals surface area (Å²) in [4.78, 5) is 11.9. The molecule has 2 N–H and O–H groups in total. The van der Waals surface area contributed by atoms with E-state index < -0.39 is 4.92 Å². The first-order valence-electron chi connectivity index (χ1n) is 6.37. The van der Waals surface area contributed by atoms with Crippen molar-refractivity contribution in [3.8, 4) is 0 Å². The van der Waals surface area contributed by atoms with Gasteiger partial charge in [-0.2, -0.15) is 0 Å². The summed E-state index contributed by atoms with van der Waals surface area (Å²) >= 11 is 1.23. The summed E-state index contributed by atoms with van der Waals surface area (Å²) < 4.78 is 13.7. The first-order chi connectivity index (χ1) is 9.90. The number of nitro benzene ring substituents is 1. The van der Waals surface area contributed by atoms with Crippen molar-refractivity contribution in [2.45, 2.75) is 29.7 Å². The third-order valence-electron chi connectivity index (χ3n) is 3.06. The molecule has 0 aliphatic carbocycles. The van der Waals surface area contributed by atoms with E-state index >= 15 is 0 Å². The van der Waals surface area contributed by atoms with Gasteiger partial charge in [-0.3, -0.25) is 10.1 Å². The number of benzene rings is 2. The van der Waals surface area contributed by atoms with Gasteiger partial charge in [-0.25, -0.2) is 4.39 Å². The van der Waals surface area contributed by atoms with E-state index in [4.69, 9.17) is 5.73 Å². The van der Waals surface area contributed by atoms with Crippen molar-refractivity contribution in [2.24, 2.45) is 5.73 Å². The van der Waals surface area contributed by atoms with Gasteiger partial charge in [0.2, 0.25) is 0 Å². The molecule has 0 saturated carbocycles. The Bertz CT molecular complexity index is 689. The summed E-state index contributed by atoms with van der Waals surface area (Å²) in [7, 11) is 0. The molecular formula is C15H15FN2O2S. The number of para-hydroxylation sites is 1. The average Bonchev–Trinajstić information content (AvgIpc) is 2.42. The first-order valence-corrected chi connectivity index (χ1v) is 7.18. The Morgan fingerprint density at radius 3 is 2.57 bits per heavy atom. The lowest BCUT2D eigenvalue weighted by Gasteiger charge is -2.14. The lowest BCUT2D eigenvalue weighted by molar-refractivity contribution is -0.387. The molecule has 21 heavy (non-hydrogen) atoms. The zero-order valence-electron chi connectivity index (χ0n) is 11.7. The third-order valence-corrected chi connectivity index (χ3v) is 4.20. The highest BCUT2D eigenvalue weighted by atomic mass is 32.2. The molecule has 0 aliphatic heterocycles. The SMILES string of the molecule is Cc1cc(Sc2ccccc2[N+](=O)[O-])c([C@@H](C)N)cc1F. The van der Waals surface area contributed by atoms with Gasteiger partial charge in [0.05, 0.1) is 9.82 Å². The van der Waals surface area contributed by atoms with Crippen LogP contribution < -0.4 is 5.73 Å². The Labute approximate surface area is 126 Å².